The molecule has 0 unspecified atom stereocenters. The van der Waals surface area contributed by atoms with Crippen molar-refractivity contribution in [1.29, 1.82) is 0 Å². The molecule has 2 aliphatic heterocycles. The summed E-state index contributed by atoms with van der Waals surface area (Å²) in [5.74, 6) is -0.218. The summed E-state index contributed by atoms with van der Waals surface area (Å²) in [4.78, 5) is 25.7. The van der Waals surface area contributed by atoms with E-state index in [1.54, 1.807) is 18.7 Å². The number of aryl methyl sites for hydroxylation is 2. The van der Waals surface area contributed by atoms with E-state index in [0.29, 0.717) is 56.0 Å². The fourth-order valence-corrected chi connectivity index (χ4v) is 3.07. The lowest BCUT2D eigenvalue weighted by molar-refractivity contribution is -0.181. The van der Waals surface area contributed by atoms with Crippen LogP contribution in [-0.4, -0.2) is 42.9 Å². The zero-order valence-corrected chi connectivity index (χ0v) is 12.3. The van der Waals surface area contributed by atoms with Crippen molar-refractivity contribution in [3.63, 3.8) is 0 Å². The molecular formula is C15H19NO5. The maximum Gasteiger partial charge on any atom is 0.336 e. The van der Waals surface area contributed by atoms with Crippen molar-refractivity contribution in [1.82, 2.24) is 4.90 Å². The Balaban J connectivity index is 1.77. The number of amides is 1. The van der Waals surface area contributed by atoms with Crippen LogP contribution in [0.15, 0.2) is 15.3 Å². The highest BCUT2D eigenvalue weighted by Crippen LogP contribution is 2.32. The molecular weight excluding hydrogens is 274 g/mol. The number of likely N-dealkylation sites (tertiary alicyclic amines) is 1. The van der Waals surface area contributed by atoms with E-state index in [-0.39, 0.29) is 5.91 Å². The Morgan fingerprint density at radius 2 is 1.81 bits per heavy atom. The number of nitrogens with zero attached hydrogens (tertiary/aromatic N) is 1. The lowest BCUT2D eigenvalue weighted by Gasteiger charge is -2.37. The Labute approximate surface area is 122 Å². The molecule has 1 aromatic rings. The van der Waals surface area contributed by atoms with Crippen LogP contribution in [0.5, 0.6) is 0 Å². The van der Waals surface area contributed by atoms with E-state index in [0.717, 1.165) is 0 Å². The Hall–Kier alpha value is -1.66. The highest BCUT2D eigenvalue weighted by Gasteiger charge is 2.41. The van der Waals surface area contributed by atoms with Crippen LogP contribution in [0.25, 0.3) is 0 Å². The summed E-state index contributed by atoms with van der Waals surface area (Å²) in [5.41, 5.74) is 0.716. The molecule has 1 aromatic heterocycles. The molecule has 0 atom stereocenters. The van der Waals surface area contributed by atoms with Gasteiger partial charge in [0.25, 0.3) is 5.91 Å². The van der Waals surface area contributed by atoms with E-state index in [9.17, 15) is 9.59 Å². The monoisotopic (exact) mass is 293 g/mol. The summed E-state index contributed by atoms with van der Waals surface area (Å²) >= 11 is 0. The molecule has 2 saturated heterocycles. The van der Waals surface area contributed by atoms with Crippen LogP contribution in [0.1, 0.15) is 34.5 Å². The van der Waals surface area contributed by atoms with Gasteiger partial charge in [-0.1, -0.05) is 0 Å². The first-order valence-corrected chi connectivity index (χ1v) is 7.19. The van der Waals surface area contributed by atoms with E-state index in [4.69, 9.17) is 13.9 Å². The summed E-state index contributed by atoms with van der Waals surface area (Å²) in [5, 5.41) is 0. The fourth-order valence-electron chi connectivity index (χ4n) is 3.07. The van der Waals surface area contributed by atoms with Crippen LogP contribution in [-0.2, 0) is 9.47 Å². The number of carbonyl (C=O) groups excluding carboxylic acids is 1. The first kappa shape index (κ1) is 14.3. The molecule has 114 valence electrons. The largest absolute Gasteiger partial charge is 0.427 e. The number of rotatable bonds is 1. The van der Waals surface area contributed by atoms with Gasteiger partial charge in [-0.15, -0.1) is 0 Å². The first-order valence-electron chi connectivity index (χ1n) is 7.19. The molecule has 0 bridgehead atoms. The first-order chi connectivity index (χ1) is 10.0. The van der Waals surface area contributed by atoms with E-state index in [1.165, 1.54) is 6.07 Å². The zero-order chi connectivity index (χ0) is 15.0. The van der Waals surface area contributed by atoms with Crippen molar-refractivity contribution in [2.24, 2.45) is 0 Å². The average molecular weight is 293 g/mol. The molecule has 0 radical (unpaired) electrons. The lowest BCUT2D eigenvalue weighted by atomic mass is 10.0. The van der Waals surface area contributed by atoms with E-state index in [2.05, 4.69) is 0 Å². The molecule has 6 nitrogen and oxygen atoms in total. The molecule has 6 heteroatoms. The van der Waals surface area contributed by atoms with Crippen LogP contribution >= 0.6 is 0 Å². The van der Waals surface area contributed by atoms with Gasteiger partial charge in [0.1, 0.15) is 5.76 Å². The van der Waals surface area contributed by atoms with Gasteiger partial charge in [-0.05, 0) is 19.4 Å². The number of ether oxygens (including phenoxy) is 2. The molecule has 0 N–H and O–H groups in total. The summed E-state index contributed by atoms with van der Waals surface area (Å²) in [7, 11) is 0. The van der Waals surface area contributed by atoms with Gasteiger partial charge in [0.2, 0.25) is 0 Å². The number of piperidine rings is 1. The van der Waals surface area contributed by atoms with Gasteiger partial charge in [-0.3, -0.25) is 4.79 Å². The highest BCUT2D eigenvalue weighted by molar-refractivity contribution is 5.96. The minimum atomic E-state index is -0.496. The van der Waals surface area contributed by atoms with Gasteiger partial charge in [-0.2, -0.15) is 0 Å². The van der Waals surface area contributed by atoms with Crippen molar-refractivity contribution < 1.29 is 18.7 Å². The minimum Gasteiger partial charge on any atom is -0.427 e. The molecule has 1 amide bonds. The van der Waals surface area contributed by atoms with Crippen LogP contribution in [0.2, 0.25) is 0 Å². The van der Waals surface area contributed by atoms with Gasteiger partial charge in [0, 0.05) is 32.0 Å². The molecule has 0 saturated carbocycles. The van der Waals surface area contributed by atoms with Gasteiger partial charge < -0.3 is 18.8 Å². The Morgan fingerprint density at radius 1 is 1.19 bits per heavy atom. The third-order valence-electron chi connectivity index (χ3n) is 4.17. The van der Waals surface area contributed by atoms with Crippen molar-refractivity contribution in [3.05, 3.63) is 33.4 Å². The van der Waals surface area contributed by atoms with E-state index in [1.807, 2.05) is 0 Å². The molecule has 2 fully saturated rings. The Morgan fingerprint density at radius 3 is 2.38 bits per heavy atom. The second-order valence-corrected chi connectivity index (χ2v) is 5.58. The van der Waals surface area contributed by atoms with E-state index >= 15 is 0 Å². The van der Waals surface area contributed by atoms with Crippen molar-refractivity contribution >= 4 is 5.91 Å². The quantitative estimate of drug-likeness (QED) is 0.779. The smallest absolute Gasteiger partial charge is 0.336 e. The molecule has 0 aliphatic carbocycles. The second kappa shape index (κ2) is 5.27. The zero-order valence-electron chi connectivity index (χ0n) is 12.3. The fraction of sp³-hybridized carbons (Fsp3) is 0.600. The molecule has 2 aliphatic rings. The van der Waals surface area contributed by atoms with Gasteiger partial charge in [0.05, 0.1) is 18.8 Å². The predicted octanol–water partition coefficient (Wildman–Crippen LogP) is 1.24. The van der Waals surface area contributed by atoms with Crippen molar-refractivity contribution in [2.45, 2.75) is 32.5 Å². The van der Waals surface area contributed by atoms with Gasteiger partial charge >= 0.3 is 5.63 Å². The maximum atomic E-state index is 12.6. The molecule has 0 aromatic carbocycles. The maximum absolute atomic E-state index is 12.6. The summed E-state index contributed by atoms with van der Waals surface area (Å²) in [6.07, 6.45) is 1.35. The van der Waals surface area contributed by atoms with E-state index < -0.39 is 11.4 Å². The highest BCUT2D eigenvalue weighted by atomic mass is 16.7. The van der Waals surface area contributed by atoms with Gasteiger partial charge in [-0.25, -0.2) is 4.79 Å². The molecule has 3 heterocycles. The standard InChI is InChI=1S/C15H19NO5/c1-10-9-12(17)21-11(2)13(10)14(18)16-5-3-15(4-6-16)19-7-8-20-15/h9H,3-8H2,1-2H3. The van der Waals surface area contributed by atoms with Crippen LogP contribution < -0.4 is 5.63 Å². The molecule has 1 spiro atoms. The van der Waals surface area contributed by atoms with Gasteiger partial charge in [0.15, 0.2) is 5.79 Å². The SMILES string of the molecule is Cc1cc(=O)oc(C)c1C(=O)N1CCC2(CC1)OCCO2. The third-order valence-corrected chi connectivity index (χ3v) is 4.17. The lowest BCUT2D eigenvalue weighted by Crippen LogP contribution is -2.47. The minimum absolute atomic E-state index is 0.0957. The van der Waals surface area contributed by atoms with Crippen LogP contribution in [0.3, 0.4) is 0 Å². The Bertz CT molecular complexity index is 579. The Kier molecular flexibility index (Phi) is 3.59. The summed E-state index contributed by atoms with van der Waals surface area (Å²) in [6, 6.07) is 1.36. The summed E-state index contributed by atoms with van der Waals surface area (Å²) < 4.78 is 16.4. The summed E-state index contributed by atoms with van der Waals surface area (Å²) in [6.45, 7) is 5.81. The van der Waals surface area contributed by atoms with Crippen molar-refractivity contribution in [2.75, 3.05) is 26.3 Å². The molecule has 3 rings (SSSR count). The number of hydrogen-bond donors (Lipinski definition) is 0. The third kappa shape index (κ3) is 2.61. The topological polar surface area (TPSA) is 69.0 Å². The normalized spacial score (nSPS) is 21.0. The van der Waals surface area contributed by atoms with Crippen LogP contribution in [0, 0.1) is 13.8 Å². The molecule has 21 heavy (non-hydrogen) atoms. The average Bonchev–Trinajstić information content (AvgIpc) is 2.86. The number of carbonyl (C=O) groups is 1. The number of hydrogen-bond acceptors (Lipinski definition) is 5. The predicted molar refractivity (Wildman–Crippen MR) is 74.2 cm³/mol. The second-order valence-electron chi connectivity index (χ2n) is 5.58. The van der Waals surface area contributed by atoms with Crippen LogP contribution in [0.4, 0.5) is 0 Å². The van der Waals surface area contributed by atoms with Crippen molar-refractivity contribution in [3.8, 4) is 0 Å².